The predicted octanol–water partition coefficient (Wildman–Crippen LogP) is 1.51. The highest BCUT2D eigenvalue weighted by Crippen LogP contribution is 2.26. The van der Waals surface area contributed by atoms with E-state index in [2.05, 4.69) is 20.7 Å². The molecule has 0 heterocycles. The van der Waals surface area contributed by atoms with Crippen molar-refractivity contribution < 1.29 is 51.4 Å². The molecule has 2 aromatic carbocycles. The molecule has 0 saturated heterocycles. The van der Waals surface area contributed by atoms with Crippen LogP contribution in [0, 0.1) is 29.2 Å². The van der Waals surface area contributed by atoms with Crippen LogP contribution < -0.4 is 26.4 Å². The summed E-state index contributed by atoms with van der Waals surface area (Å²) in [5.74, 6) is -16.0. The van der Waals surface area contributed by atoms with Crippen molar-refractivity contribution in [2.24, 2.45) is 5.92 Å². The maximum absolute atomic E-state index is 13.8. The lowest BCUT2D eigenvalue weighted by Crippen LogP contribution is -2.56. The maximum Gasteiger partial charge on any atom is 0.313 e. The second-order valence-corrected chi connectivity index (χ2v) is 8.48. The van der Waals surface area contributed by atoms with Gasteiger partial charge in [0.15, 0.2) is 23.2 Å². The molecule has 0 aliphatic heterocycles. The molecule has 2 aromatic rings. The number of ether oxygens (including phenoxy) is 1. The van der Waals surface area contributed by atoms with Crippen LogP contribution in [0.25, 0.3) is 0 Å². The SMILES string of the molecule is CC(C)[C@H](NC(=O)C(=O)Nc1ccc(N)cc1)C(=O)NC(CC(=O)O)C(=O)COc1c(F)c(F)cc(F)c1F. The van der Waals surface area contributed by atoms with Crippen LogP contribution in [0.2, 0.25) is 0 Å². The van der Waals surface area contributed by atoms with Crippen molar-refractivity contribution in [3.63, 3.8) is 0 Å². The Kier molecular flexibility index (Phi) is 10.3. The summed E-state index contributed by atoms with van der Waals surface area (Å²) in [7, 11) is 0. The third-order valence-corrected chi connectivity index (χ3v) is 5.12. The summed E-state index contributed by atoms with van der Waals surface area (Å²) in [6, 6.07) is 2.42. The average Bonchev–Trinajstić information content (AvgIpc) is 2.86. The minimum absolute atomic E-state index is 0.0802. The summed E-state index contributed by atoms with van der Waals surface area (Å²) in [4.78, 5) is 61.2. The zero-order valence-electron chi connectivity index (χ0n) is 20.5. The molecule has 1 unspecified atom stereocenters. The van der Waals surface area contributed by atoms with E-state index in [0.29, 0.717) is 5.69 Å². The normalized spacial score (nSPS) is 12.3. The second-order valence-electron chi connectivity index (χ2n) is 8.48. The Balaban J connectivity index is 2.11. The fourth-order valence-electron chi connectivity index (χ4n) is 3.10. The first-order valence-corrected chi connectivity index (χ1v) is 11.2. The minimum Gasteiger partial charge on any atom is -0.481 e. The topological polar surface area (TPSA) is 177 Å². The van der Waals surface area contributed by atoms with Crippen LogP contribution in [0.1, 0.15) is 20.3 Å². The zero-order valence-corrected chi connectivity index (χ0v) is 20.5. The number of carbonyl (C=O) groups excluding carboxylic acids is 4. The number of anilines is 2. The van der Waals surface area contributed by atoms with Crippen LogP contribution in [0.15, 0.2) is 30.3 Å². The first-order valence-electron chi connectivity index (χ1n) is 11.2. The first kappa shape index (κ1) is 30.5. The van der Waals surface area contributed by atoms with Gasteiger partial charge in [-0.25, -0.2) is 8.78 Å². The molecule has 0 saturated carbocycles. The second kappa shape index (κ2) is 13.2. The smallest absolute Gasteiger partial charge is 0.313 e. The average molecular weight is 556 g/mol. The van der Waals surface area contributed by atoms with Gasteiger partial charge in [0, 0.05) is 17.4 Å². The summed E-state index contributed by atoms with van der Waals surface area (Å²) in [6.07, 6.45) is -1.02. The molecule has 3 amide bonds. The molecule has 2 atom stereocenters. The number of nitrogen functional groups attached to an aromatic ring is 1. The lowest BCUT2D eigenvalue weighted by atomic mass is 10.0. The van der Waals surface area contributed by atoms with Gasteiger partial charge in [-0.1, -0.05) is 13.8 Å². The van der Waals surface area contributed by atoms with Crippen molar-refractivity contribution in [2.45, 2.75) is 32.4 Å². The Labute approximate surface area is 218 Å². The minimum atomic E-state index is -1.93. The molecule has 0 bridgehead atoms. The standard InChI is InChI=1S/C24H24F4N4O7/c1-10(2)20(32-24(38)23(37)30-12-5-3-11(29)4-6-12)22(36)31-15(8-17(34)35)16(33)9-39-21-18(27)13(25)7-14(26)19(21)28/h3-7,10,15,20H,8-9,29H2,1-2H3,(H,30,37)(H,31,36)(H,32,38)(H,34,35)/t15?,20-/m0/s1. The van der Waals surface area contributed by atoms with Crippen LogP contribution >= 0.6 is 0 Å². The highest BCUT2D eigenvalue weighted by atomic mass is 19.2. The molecule has 6 N–H and O–H groups in total. The van der Waals surface area contributed by atoms with E-state index in [9.17, 15) is 41.5 Å². The highest BCUT2D eigenvalue weighted by Gasteiger charge is 2.32. The Bertz CT molecular complexity index is 1250. The van der Waals surface area contributed by atoms with Gasteiger partial charge in [-0.3, -0.25) is 24.0 Å². The van der Waals surface area contributed by atoms with Gasteiger partial charge in [0.2, 0.25) is 17.5 Å². The number of nitrogens with two attached hydrogens (primary N) is 1. The molecule has 0 spiro atoms. The fraction of sp³-hybridized carbons (Fsp3) is 0.292. The number of hydrogen-bond acceptors (Lipinski definition) is 7. The van der Waals surface area contributed by atoms with Crippen LogP contribution in [0.3, 0.4) is 0 Å². The number of ketones is 1. The van der Waals surface area contributed by atoms with E-state index in [0.717, 1.165) is 0 Å². The molecular weight excluding hydrogens is 532 g/mol. The van der Waals surface area contributed by atoms with E-state index in [-0.39, 0.29) is 11.8 Å². The molecule has 15 heteroatoms. The molecule has 0 aromatic heterocycles. The fourth-order valence-corrected chi connectivity index (χ4v) is 3.10. The molecule has 210 valence electrons. The molecule has 39 heavy (non-hydrogen) atoms. The molecule has 0 fully saturated rings. The summed E-state index contributed by atoms with van der Waals surface area (Å²) in [5, 5.41) is 15.6. The number of nitrogens with one attached hydrogen (secondary N) is 3. The van der Waals surface area contributed by atoms with Crippen LogP contribution in [0.5, 0.6) is 5.75 Å². The van der Waals surface area contributed by atoms with E-state index in [1.54, 1.807) is 0 Å². The number of carboxylic acid groups (broad SMARTS) is 1. The quantitative estimate of drug-likeness (QED) is 0.120. The third-order valence-electron chi connectivity index (χ3n) is 5.12. The van der Waals surface area contributed by atoms with E-state index in [4.69, 9.17) is 10.8 Å². The van der Waals surface area contributed by atoms with Crippen molar-refractivity contribution in [3.8, 4) is 5.75 Å². The van der Waals surface area contributed by atoms with Gasteiger partial charge in [-0.15, -0.1) is 0 Å². The van der Waals surface area contributed by atoms with Gasteiger partial charge >= 0.3 is 17.8 Å². The number of carboxylic acids is 1. The maximum atomic E-state index is 13.8. The van der Waals surface area contributed by atoms with Gasteiger partial charge in [0.1, 0.15) is 18.7 Å². The van der Waals surface area contributed by atoms with E-state index < -0.39 is 89.5 Å². The lowest BCUT2D eigenvalue weighted by Gasteiger charge is -2.24. The molecule has 0 aliphatic rings. The number of carbonyl (C=O) groups is 5. The Morgan fingerprint density at radius 2 is 1.49 bits per heavy atom. The lowest BCUT2D eigenvalue weighted by molar-refractivity contribution is -0.141. The first-order chi connectivity index (χ1) is 18.2. The van der Waals surface area contributed by atoms with Crippen molar-refractivity contribution >= 4 is 40.8 Å². The number of benzene rings is 2. The van der Waals surface area contributed by atoms with Crippen LogP contribution in [-0.2, 0) is 24.0 Å². The van der Waals surface area contributed by atoms with Gasteiger partial charge in [-0.05, 0) is 30.2 Å². The van der Waals surface area contributed by atoms with Gasteiger partial charge in [0.25, 0.3) is 0 Å². The predicted molar refractivity (Wildman–Crippen MR) is 127 cm³/mol. The van der Waals surface area contributed by atoms with Crippen molar-refractivity contribution in [3.05, 3.63) is 53.6 Å². The number of aliphatic carboxylic acids is 1. The van der Waals surface area contributed by atoms with E-state index >= 15 is 0 Å². The number of halogens is 4. The molecule has 11 nitrogen and oxygen atoms in total. The number of Topliss-reactive ketones (excluding diaryl/α,β-unsaturated/α-hetero) is 1. The monoisotopic (exact) mass is 556 g/mol. The largest absolute Gasteiger partial charge is 0.481 e. The van der Waals surface area contributed by atoms with Gasteiger partial charge in [-0.2, -0.15) is 8.78 Å². The molecule has 0 radical (unpaired) electrons. The van der Waals surface area contributed by atoms with Gasteiger partial charge < -0.3 is 31.5 Å². The van der Waals surface area contributed by atoms with Crippen LogP contribution in [0.4, 0.5) is 28.9 Å². The van der Waals surface area contributed by atoms with E-state index in [1.165, 1.54) is 38.1 Å². The van der Waals surface area contributed by atoms with Crippen molar-refractivity contribution in [1.82, 2.24) is 10.6 Å². The highest BCUT2D eigenvalue weighted by molar-refractivity contribution is 6.40. The third kappa shape index (κ3) is 8.41. The summed E-state index contributed by atoms with van der Waals surface area (Å²) < 4.78 is 58.9. The zero-order chi connectivity index (χ0) is 29.4. The Hall–Kier alpha value is -4.69. The Morgan fingerprint density at radius 3 is 2.00 bits per heavy atom. The summed E-state index contributed by atoms with van der Waals surface area (Å²) in [5.41, 5.74) is 6.18. The van der Waals surface area contributed by atoms with Crippen molar-refractivity contribution in [1.29, 1.82) is 0 Å². The molecular formula is C24H24F4N4O7. The number of amides is 3. The number of hydrogen-bond donors (Lipinski definition) is 5. The summed E-state index contributed by atoms with van der Waals surface area (Å²) in [6.45, 7) is 1.67. The molecule has 2 rings (SSSR count). The Morgan fingerprint density at radius 1 is 0.923 bits per heavy atom. The van der Waals surface area contributed by atoms with Crippen LogP contribution in [-0.4, -0.2) is 53.3 Å². The van der Waals surface area contributed by atoms with Gasteiger partial charge in [0.05, 0.1) is 6.42 Å². The molecule has 0 aliphatic carbocycles. The summed E-state index contributed by atoms with van der Waals surface area (Å²) >= 11 is 0. The number of rotatable bonds is 11. The van der Waals surface area contributed by atoms with Crippen molar-refractivity contribution in [2.75, 3.05) is 17.7 Å². The van der Waals surface area contributed by atoms with E-state index in [1.807, 2.05) is 0 Å².